The fourth-order valence-corrected chi connectivity index (χ4v) is 5.01. The first-order chi connectivity index (χ1) is 20.1. The van der Waals surface area contributed by atoms with Gasteiger partial charge in [-0.1, -0.05) is 23.7 Å². The van der Waals surface area contributed by atoms with Gasteiger partial charge in [0, 0.05) is 22.7 Å². The van der Waals surface area contributed by atoms with Crippen molar-refractivity contribution in [2.45, 2.75) is 38.1 Å². The Morgan fingerprint density at radius 2 is 1.95 bits per heavy atom. The van der Waals surface area contributed by atoms with Gasteiger partial charge in [0.05, 0.1) is 26.5 Å². The molecule has 3 aromatic rings. The summed E-state index contributed by atoms with van der Waals surface area (Å²) in [5.74, 6) is -0.636. The molecular formula is C26H27ClF3N7O5. The highest BCUT2D eigenvalue weighted by atomic mass is 35.5. The average Bonchev–Trinajstić information content (AvgIpc) is 3.57. The average molecular weight is 610 g/mol. The van der Waals surface area contributed by atoms with Crippen LogP contribution in [0.3, 0.4) is 0 Å². The summed E-state index contributed by atoms with van der Waals surface area (Å²) in [7, 11) is 2.94. The molecule has 2 aromatic carbocycles. The van der Waals surface area contributed by atoms with E-state index in [0.717, 1.165) is 4.57 Å². The lowest BCUT2D eigenvalue weighted by molar-refractivity contribution is -0.146. The third-order valence-electron chi connectivity index (χ3n) is 6.56. The van der Waals surface area contributed by atoms with Gasteiger partial charge < -0.3 is 18.9 Å². The molecule has 224 valence electrons. The second-order valence-electron chi connectivity index (χ2n) is 9.20. The molecule has 0 unspecified atom stereocenters. The molecule has 5 rings (SSSR count). The third-order valence-corrected chi connectivity index (χ3v) is 6.80. The van der Waals surface area contributed by atoms with E-state index in [1.807, 2.05) is 0 Å². The predicted molar refractivity (Wildman–Crippen MR) is 143 cm³/mol. The van der Waals surface area contributed by atoms with Crippen molar-refractivity contribution in [1.29, 1.82) is 0 Å². The van der Waals surface area contributed by atoms with E-state index in [9.17, 15) is 18.0 Å². The lowest BCUT2D eigenvalue weighted by Gasteiger charge is -2.26. The predicted octanol–water partition coefficient (Wildman–Crippen LogP) is 4.10. The minimum absolute atomic E-state index is 0.0536. The maximum absolute atomic E-state index is 14.2. The molecule has 0 bridgehead atoms. The summed E-state index contributed by atoms with van der Waals surface area (Å²) in [6.07, 6.45) is -6.71. The van der Waals surface area contributed by atoms with E-state index in [0.29, 0.717) is 33.5 Å². The SMILES string of the molecule is CCOC(=O)CC1=NNN(CC[C@@H]2O[C@@H](c3cccc(OC)c3OC)c3cc(Cl)ccc3-n3c2nnc3C(F)(F)F)N1. The number of methoxy groups -OCH3 is 2. The number of rotatable bonds is 9. The van der Waals surface area contributed by atoms with Crippen LogP contribution in [0.25, 0.3) is 5.69 Å². The van der Waals surface area contributed by atoms with Crippen LogP contribution in [0.2, 0.25) is 5.02 Å². The van der Waals surface area contributed by atoms with Crippen LogP contribution in [0.1, 0.15) is 54.7 Å². The number of fused-ring (bicyclic) bond motifs is 3. The van der Waals surface area contributed by atoms with Crippen LogP contribution in [0.15, 0.2) is 41.5 Å². The van der Waals surface area contributed by atoms with E-state index >= 15 is 0 Å². The first kappa shape index (κ1) is 29.4. The molecule has 0 aliphatic carbocycles. The number of nitrogens with zero attached hydrogens (tertiary/aromatic N) is 5. The van der Waals surface area contributed by atoms with Gasteiger partial charge in [-0.25, -0.2) is 5.53 Å². The van der Waals surface area contributed by atoms with Crippen molar-refractivity contribution in [2.75, 3.05) is 27.4 Å². The number of hydrogen-bond acceptors (Lipinski definition) is 11. The highest BCUT2D eigenvalue weighted by molar-refractivity contribution is 6.30. The zero-order valence-electron chi connectivity index (χ0n) is 22.7. The van der Waals surface area contributed by atoms with Crippen molar-refractivity contribution in [2.24, 2.45) is 5.10 Å². The molecule has 0 fully saturated rings. The highest BCUT2D eigenvalue weighted by Crippen LogP contribution is 2.47. The van der Waals surface area contributed by atoms with Crippen molar-refractivity contribution >= 4 is 23.4 Å². The molecule has 2 aliphatic rings. The Morgan fingerprint density at radius 3 is 2.67 bits per heavy atom. The van der Waals surface area contributed by atoms with Crippen LogP contribution >= 0.6 is 11.6 Å². The molecule has 42 heavy (non-hydrogen) atoms. The molecule has 0 spiro atoms. The summed E-state index contributed by atoms with van der Waals surface area (Å²) in [4.78, 5) is 11.8. The number of halogens is 4. The van der Waals surface area contributed by atoms with Crippen LogP contribution in [0, 0.1) is 0 Å². The van der Waals surface area contributed by atoms with Gasteiger partial charge in [0.25, 0.3) is 0 Å². The summed E-state index contributed by atoms with van der Waals surface area (Å²) in [5.41, 5.74) is 6.67. The number of amidine groups is 1. The number of carbonyl (C=O) groups is 1. The molecule has 16 heteroatoms. The maximum atomic E-state index is 14.2. The van der Waals surface area contributed by atoms with Gasteiger partial charge in [0.15, 0.2) is 23.2 Å². The normalized spacial score (nSPS) is 18.2. The molecular weight excluding hydrogens is 583 g/mol. The lowest BCUT2D eigenvalue weighted by Crippen LogP contribution is -2.43. The molecule has 1 aromatic heterocycles. The number of esters is 1. The first-order valence-electron chi connectivity index (χ1n) is 12.8. The highest BCUT2D eigenvalue weighted by Gasteiger charge is 2.43. The monoisotopic (exact) mass is 609 g/mol. The van der Waals surface area contributed by atoms with Crippen molar-refractivity contribution < 1.29 is 36.9 Å². The van der Waals surface area contributed by atoms with Crippen LogP contribution in [0.5, 0.6) is 11.5 Å². The van der Waals surface area contributed by atoms with Crippen molar-refractivity contribution in [3.05, 3.63) is 64.2 Å². The minimum Gasteiger partial charge on any atom is -0.493 e. The smallest absolute Gasteiger partial charge is 0.452 e. The summed E-state index contributed by atoms with van der Waals surface area (Å²) < 4.78 is 66.2. The number of nitrogens with one attached hydrogen (secondary N) is 2. The number of hydrogen-bond donors (Lipinski definition) is 2. The molecule has 0 radical (unpaired) electrons. The second-order valence-corrected chi connectivity index (χ2v) is 9.63. The number of carbonyl (C=O) groups excluding carboxylic acids is 1. The number of ether oxygens (including phenoxy) is 4. The quantitative estimate of drug-likeness (QED) is 0.343. The van der Waals surface area contributed by atoms with E-state index in [1.54, 1.807) is 31.2 Å². The Morgan fingerprint density at radius 1 is 1.14 bits per heavy atom. The standard InChI is InChI=1S/C26H27ClF3N7O5/c1-4-41-21(38)13-20-31-35-36(34-20)11-10-19-24-32-33-25(26(28,29)30)37(24)17-9-8-14(27)12-16(17)22(42-19)15-6-5-7-18(39-2)23(15)40-3/h5-9,12,19,22,35H,4,10-11,13H2,1-3H3,(H,31,34)/t19-,22-/m0/s1. The van der Waals surface area contributed by atoms with Crippen molar-refractivity contribution in [1.82, 2.24) is 30.8 Å². The Balaban J connectivity index is 1.53. The topological polar surface area (TPSA) is 124 Å². The molecule has 3 heterocycles. The van der Waals surface area contributed by atoms with Gasteiger partial charge in [0.2, 0.25) is 5.82 Å². The van der Waals surface area contributed by atoms with Crippen LogP contribution in [-0.4, -0.2) is 59.1 Å². The van der Waals surface area contributed by atoms with E-state index < -0.39 is 30.2 Å². The van der Waals surface area contributed by atoms with Crippen LogP contribution in [0.4, 0.5) is 13.2 Å². The fourth-order valence-electron chi connectivity index (χ4n) is 4.83. The van der Waals surface area contributed by atoms with Gasteiger partial charge in [-0.2, -0.15) is 13.2 Å². The second kappa shape index (κ2) is 12.0. The van der Waals surface area contributed by atoms with E-state index in [1.165, 1.54) is 31.5 Å². The third kappa shape index (κ3) is 5.80. The Bertz CT molecular complexity index is 1500. The summed E-state index contributed by atoms with van der Waals surface area (Å²) in [6.45, 7) is 2.10. The number of hydrazine groups is 2. The molecule has 0 saturated heterocycles. The van der Waals surface area contributed by atoms with E-state index in [2.05, 4.69) is 26.3 Å². The number of aromatic nitrogens is 3. The molecule has 0 amide bonds. The van der Waals surface area contributed by atoms with Gasteiger partial charge in [-0.3, -0.25) is 14.8 Å². The van der Waals surface area contributed by atoms with Gasteiger partial charge >= 0.3 is 12.1 Å². The summed E-state index contributed by atoms with van der Waals surface area (Å²) >= 11 is 6.36. The largest absolute Gasteiger partial charge is 0.493 e. The summed E-state index contributed by atoms with van der Waals surface area (Å²) in [6, 6.07) is 9.68. The Kier molecular flexibility index (Phi) is 8.43. The van der Waals surface area contributed by atoms with Crippen molar-refractivity contribution in [3.63, 3.8) is 0 Å². The number of para-hydroxylation sites is 1. The van der Waals surface area contributed by atoms with E-state index in [-0.39, 0.29) is 37.5 Å². The summed E-state index contributed by atoms with van der Waals surface area (Å²) in [5, 5.41) is 13.3. The zero-order valence-corrected chi connectivity index (χ0v) is 23.5. The van der Waals surface area contributed by atoms with Gasteiger partial charge in [-0.05, 0) is 37.6 Å². The van der Waals surface area contributed by atoms with Crippen LogP contribution in [-0.2, 0) is 20.4 Å². The van der Waals surface area contributed by atoms with Gasteiger partial charge in [0.1, 0.15) is 18.6 Å². The molecule has 0 saturated carbocycles. The fraction of sp³-hybridized carbons (Fsp3) is 0.385. The zero-order chi connectivity index (χ0) is 30.0. The van der Waals surface area contributed by atoms with Crippen molar-refractivity contribution in [3.8, 4) is 17.2 Å². The molecule has 12 nitrogen and oxygen atoms in total. The molecule has 2 aliphatic heterocycles. The lowest BCUT2D eigenvalue weighted by atomic mass is 9.98. The molecule has 2 atom stereocenters. The Labute approximate surface area is 243 Å². The number of benzene rings is 2. The first-order valence-corrected chi connectivity index (χ1v) is 13.2. The Hall–Kier alpha value is -4.08. The maximum Gasteiger partial charge on any atom is 0.452 e. The van der Waals surface area contributed by atoms with E-state index in [4.69, 9.17) is 30.5 Å². The number of hydrazone groups is 1. The minimum atomic E-state index is -4.81. The van der Waals surface area contributed by atoms with Gasteiger partial charge in [-0.15, -0.1) is 20.4 Å². The molecule has 2 N–H and O–H groups in total. The van der Waals surface area contributed by atoms with Crippen LogP contribution < -0.4 is 20.4 Å². The number of alkyl halides is 3.